The summed E-state index contributed by atoms with van der Waals surface area (Å²) in [6.07, 6.45) is 6.31. The number of nitrogens with one attached hydrogen (secondary N) is 1. The molecule has 4 nitrogen and oxygen atoms in total. The zero-order chi connectivity index (χ0) is 12.3. The highest BCUT2D eigenvalue weighted by Gasteiger charge is 2.02. The molecule has 0 aliphatic rings. The maximum absolute atomic E-state index is 13.0. The van der Waals surface area contributed by atoms with Crippen molar-refractivity contribution < 1.29 is 4.39 Å². The van der Waals surface area contributed by atoms with Crippen LogP contribution in [0, 0.1) is 5.82 Å². The summed E-state index contributed by atoms with van der Waals surface area (Å²) in [6, 6.07) is 1.84. The average molecular weight is 234 g/mol. The number of hydrogen-bond donors (Lipinski definition) is 1. The Labute approximate surface area is 99.5 Å². The highest BCUT2D eigenvalue weighted by Crippen LogP contribution is 2.08. The summed E-state index contributed by atoms with van der Waals surface area (Å²) >= 11 is 0. The Balaban J connectivity index is 2.12. The molecule has 2 rings (SSSR count). The minimum Gasteiger partial charge on any atom is -0.309 e. The van der Waals surface area contributed by atoms with E-state index in [-0.39, 0.29) is 5.82 Å². The summed E-state index contributed by atoms with van der Waals surface area (Å²) in [7, 11) is 0. The Morgan fingerprint density at radius 3 is 2.94 bits per heavy atom. The van der Waals surface area contributed by atoms with E-state index in [9.17, 15) is 4.39 Å². The lowest BCUT2D eigenvalue weighted by Gasteiger charge is -2.04. The summed E-state index contributed by atoms with van der Waals surface area (Å²) < 4.78 is 14.8. The Hall–Kier alpha value is -1.75. The van der Waals surface area contributed by atoms with Crippen LogP contribution in [0.25, 0.3) is 5.69 Å². The van der Waals surface area contributed by atoms with Gasteiger partial charge in [-0.1, -0.05) is 13.8 Å². The Morgan fingerprint density at radius 1 is 1.41 bits per heavy atom. The molecule has 0 fully saturated rings. The Morgan fingerprint density at radius 2 is 2.24 bits per heavy atom. The first-order valence-corrected chi connectivity index (χ1v) is 5.52. The van der Waals surface area contributed by atoms with Crippen LogP contribution in [0.15, 0.2) is 31.0 Å². The van der Waals surface area contributed by atoms with Gasteiger partial charge in [0.05, 0.1) is 30.1 Å². The standard InChI is InChI=1S/C12H15FN4/c1-9(2)15-5-11-7-17(8-16-11)12-3-10(13)4-14-6-12/h3-4,6-9,15H,5H2,1-2H3. The van der Waals surface area contributed by atoms with Crippen molar-refractivity contribution in [2.75, 3.05) is 0 Å². The second-order valence-corrected chi connectivity index (χ2v) is 4.17. The third kappa shape index (κ3) is 3.10. The zero-order valence-electron chi connectivity index (χ0n) is 9.89. The number of nitrogens with zero attached hydrogens (tertiary/aromatic N) is 3. The van der Waals surface area contributed by atoms with Crippen LogP contribution in [0.4, 0.5) is 4.39 Å². The number of hydrogen-bond acceptors (Lipinski definition) is 3. The van der Waals surface area contributed by atoms with Crippen LogP contribution in [0.3, 0.4) is 0 Å². The van der Waals surface area contributed by atoms with Crippen molar-refractivity contribution in [3.05, 3.63) is 42.5 Å². The van der Waals surface area contributed by atoms with E-state index >= 15 is 0 Å². The molecule has 2 aromatic heterocycles. The third-order valence-electron chi connectivity index (χ3n) is 2.32. The molecule has 0 spiro atoms. The van der Waals surface area contributed by atoms with Crippen molar-refractivity contribution in [1.82, 2.24) is 19.9 Å². The first kappa shape index (κ1) is 11.7. The van der Waals surface area contributed by atoms with E-state index in [1.165, 1.54) is 12.3 Å². The smallest absolute Gasteiger partial charge is 0.143 e. The molecule has 90 valence electrons. The highest BCUT2D eigenvalue weighted by atomic mass is 19.1. The first-order chi connectivity index (χ1) is 8.15. The van der Waals surface area contributed by atoms with Crippen LogP contribution >= 0.6 is 0 Å². The highest BCUT2D eigenvalue weighted by molar-refractivity contribution is 5.28. The zero-order valence-corrected chi connectivity index (χ0v) is 9.89. The predicted molar refractivity (Wildman–Crippen MR) is 63.3 cm³/mol. The lowest BCUT2D eigenvalue weighted by atomic mass is 10.3. The van der Waals surface area contributed by atoms with Gasteiger partial charge in [0.15, 0.2) is 0 Å². The van der Waals surface area contributed by atoms with Gasteiger partial charge in [-0.05, 0) is 0 Å². The van der Waals surface area contributed by atoms with Gasteiger partial charge in [0.1, 0.15) is 5.82 Å². The molecule has 0 aromatic carbocycles. The molecule has 0 aliphatic carbocycles. The molecule has 0 unspecified atom stereocenters. The van der Waals surface area contributed by atoms with E-state index in [0.29, 0.717) is 18.3 Å². The van der Waals surface area contributed by atoms with Gasteiger partial charge in [0.25, 0.3) is 0 Å². The monoisotopic (exact) mass is 234 g/mol. The van der Waals surface area contributed by atoms with Gasteiger partial charge in [0.2, 0.25) is 0 Å². The second kappa shape index (κ2) is 5.05. The van der Waals surface area contributed by atoms with Gasteiger partial charge in [-0.15, -0.1) is 0 Å². The number of imidazole rings is 1. The lowest BCUT2D eigenvalue weighted by molar-refractivity contribution is 0.582. The van der Waals surface area contributed by atoms with Crippen molar-refractivity contribution in [3.63, 3.8) is 0 Å². The van der Waals surface area contributed by atoms with Crippen LogP contribution in [-0.2, 0) is 6.54 Å². The minimum atomic E-state index is -0.349. The fourth-order valence-electron chi connectivity index (χ4n) is 1.45. The molecule has 2 heterocycles. The van der Waals surface area contributed by atoms with Crippen LogP contribution < -0.4 is 5.32 Å². The quantitative estimate of drug-likeness (QED) is 0.878. The molecular formula is C12H15FN4. The van der Waals surface area contributed by atoms with Crippen LogP contribution in [0.5, 0.6) is 0 Å². The van der Waals surface area contributed by atoms with Crippen LogP contribution in [-0.4, -0.2) is 20.6 Å². The lowest BCUT2D eigenvalue weighted by Crippen LogP contribution is -2.21. The predicted octanol–water partition coefficient (Wildman–Crippen LogP) is 1.90. The Kier molecular flexibility index (Phi) is 3.49. The molecule has 0 atom stereocenters. The van der Waals surface area contributed by atoms with E-state index in [1.54, 1.807) is 17.1 Å². The van der Waals surface area contributed by atoms with E-state index in [0.717, 1.165) is 5.69 Å². The normalized spacial score (nSPS) is 11.1. The van der Waals surface area contributed by atoms with Crippen LogP contribution in [0.1, 0.15) is 19.5 Å². The molecule has 5 heteroatoms. The van der Waals surface area contributed by atoms with E-state index in [4.69, 9.17) is 0 Å². The third-order valence-corrected chi connectivity index (χ3v) is 2.32. The number of halogens is 1. The molecule has 17 heavy (non-hydrogen) atoms. The molecular weight excluding hydrogens is 219 g/mol. The van der Waals surface area contributed by atoms with Gasteiger partial charge < -0.3 is 9.88 Å². The van der Waals surface area contributed by atoms with E-state index in [2.05, 4.69) is 29.1 Å². The molecule has 1 N–H and O–H groups in total. The van der Waals surface area contributed by atoms with E-state index < -0.39 is 0 Å². The van der Waals surface area contributed by atoms with Gasteiger partial charge in [0, 0.05) is 24.8 Å². The largest absolute Gasteiger partial charge is 0.309 e. The molecule has 0 saturated heterocycles. The average Bonchev–Trinajstić information content (AvgIpc) is 2.75. The summed E-state index contributed by atoms with van der Waals surface area (Å²) in [4.78, 5) is 8.05. The second-order valence-electron chi connectivity index (χ2n) is 4.17. The number of rotatable bonds is 4. The fraction of sp³-hybridized carbons (Fsp3) is 0.333. The molecule has 2 aromatic rings. The number of pyridine rings is 1. The molecule has 0 aliphatic heterocycles. The maximum atomic E-state index is 13.0. The summed E-state index contributed by atoms with van der Waals surface area (Å²) in [6.45, 7) is 4.86. The molecule has 0 saturated carbocycles. The van der Waals surface area contributed by atoms with Gasteiger partial charge in [-0.2, -0.15) is 0 Å². The van der Waals surface area contributed by atoms with E-state index in [1.807, 2.05) is 6.20 Å². The topological polar surface area (TPSA) is 42.7 Å². The van der Waals surface area contributed by atoms with Crippen molar-refractivity contribution >= 4 is 0 Å². The van der Waals surface area contributed by atoms with Gasteiger partial charge in [-0.3, -0.25) is 4.98 Å². The van der Waals surface area contributed by atoms with Gasteiger partial charge >= 0.3 is 0 Å². The summed E-state index contributed by atoms with van der Waals surface area (Å²) in [5.41, 5.74) is 1.59. The Bertz CT molecular complexity index is 493. The first-order valence-electron chi connectivity index (χ1n) is 5.52. The van der Waals surface area contributed by atoms with Crippen LogP contribution in [0.2, 0.25) is 0 Å². The minimum absolute atomic E-state index is 0.349. The van der Waals surface area contributed by atoms with Crippen molar-refractivity contribution in [2.24, 2.45) is 0 Å². The van der Waals surface area contributed by atoms with Crippen molar-refractivity contribution in [2.45, 2.75) is 26.4 Å². The molecule has 0 amide bonds. The summed E-state index contributed by atoms with van der Waals surface area (Å²) in [5, 5.41) is 3.27. The molecule has 0 bridgehead atoms. The number of aromatic nitrogens is 3. The fourth-order valence-corrected chi connectivity index (χ4v) is 1.45. The SMILES string of the molecule is CC(C)NCc1cn(-c2cncc(F)c2)cn1. The van der Waals surface area contributed by atoms with Gasteiger partial charge in [-0.25, -0.2) is 9.37 Å². The van der Waals surface area contributed by atoms with Crippen molar-refractivity contribution in [1.29, 1.82) is 0 Å². The van der Waals surface area contributed by atoms with Crippen molar-refractivity contribution in [3.8, 4) is 5.69 Å². The summed E-state index contributed by atoms with van der Waals surface area (Å²) in [5.74, 6) is -0.349. The maximum Gasteiger partial charge on any atom is 0.143 e. The molecule has 0 radical (unpaired) electrons.